The molecule has 1 fully saturated rings. The van der Waals surface area contributed by atoms with Gasteiger partial charge in [0, 0.05) is 18.8 Å². The van der Waals surface area contributed by atoms with E-state index in [2.05, 4.69) is 55.1 Å². The maximum Gasteiger partial charge on any atom is 0.0366 e. The van der Waals surface area contributed by atoms with E-state index in [0.29, 0.717) is 5.41 Å². The molecular formula is C19H26N2. The summed E-state index contributed by atoms with van der Waals surface area (Å²) in [7, 11) is 0. The first-order valence-corrected chi connectivity index (χ1v) is 8.15. The number of hydrogen-bond donors (Lipinski definition) is 1. The number of fused-ring (bicyclic) bond motifs is 1. The van der Waals surface area contributed by atoms with E-state index in [0.717, 1.165) is 12.2 Å². The van der Waals surface area contributed by atoms with Crippen LogP contribution in [-0.2, 0) is 6.54 Å². The van der Waals surface area contributed by atoms with Gasteiger partial charge >= 0.3 is 0 Å². The molecule has 2 heteroatoms. The van der Waals surface area contributed by atoms with Crippen molar-refractivity contribution in [1.29, 1.82) is 0 Å². The number of rotatable bonds is 4. The molecule has 112 valence electrons. The standard InChI is InChI=1S/C19H26N2/c1-3-19(4-2)9-10-21(14-19)13-17-11-15-7-5-6-8-16(15)12-18(17)20/h5-8,11-12H,3-4,9-10,13-14,20H2,1-2H3. The quantitative estimate of drug-likeness (QED) is 0.840. The van der Waals surface area contributed by atoms with Crippen molar-refractivity contribution in [2.75, 3.05) is 18.8 Å². The van der Waals surface area contributed by atoms with Gasteiger partial charge in [0.15, 0.2) is 0 Å². The smallest absolute Gasteiger partial charge is 0.0366 e. The first-order valence-electron chi connectivity index (χ1n) is 8.15. The van der Waals surface area contributed by atoms with Crippen LogP contribution in [0.2, 0.25) is 0 Å². The Morgan fingerprint density at radius 1 is 1.10 bits per heavy atom. The van der Waals surface area contributed by atoms with Gasteiger partial charge in [-0.3, -0.25) is 4.90 Å². The number of likely N-dealkylation sites (tertiary alicyclic amines) is 1. The molecule has 0 unspecified atom stereocenters. The maximum absolute atomic E-state index is 6.27. The van der Waals surface area contributed by atoms with Crippen molar-refractivity contribution in [3.8, 4) is 0 Å². The molecule has 1 aliphatic rings. The van der Waals surface area contributed by atoms with E-state index < -0.39 is 0 Å². The van der Waals surface area contributed by atoms with Crippen molar-refractivity contribution in [2.24, 2.45) is 5.41 Å². The van der Waals surface area contributed by atoms with Crippen molar-refractivity contribution in [3.05, 3.63) is 42.0 Å². The van der Waals surface area contributed by atoms with Crippen LogP contribution < -0.4 is 5.73 Å². The molecule has 21 heavy (non-hydrogen) atoms. The third-order valence-electron chi connectivity index (χ3n) is 5.42. The molecule has 1 saturated heterocycles. The van der Waals surface area contributed by atoms with E-state index in [4.69, 9.17) is 5.73 Å². The summed E-state index contributed by atoms with van der Waals surface area (Å²) in [6, 6.07) is 12.8. The molecule has 0 atom stereocenters. The summed E-state index contributed by atoms with van der Waals surface area (Å²) in [5.41, 5.74) is 9.01. The summed E-state index contributed by atoms with van der Waals surface area (Å²) in [5, 5.41) is 2.52. The average molecular weight is 282 g/mol. The summed E-state index contributed by atoms with van der Waals surface area (Å²) in [6.45, 7) is 8.06. The van der Waals surface area contributed by atoms with Gasteiger partial charge in [-0.1, -0.05) is 38.1 Å². The van der Waals surface area contributed by atoms with Gasteiger partial charge in [0.25, 0.3) is 0 Å². The van der Waals surface area contributed by atoms with Gasteiger partial charge in [0.05, 0.1) is 0 Å². The van der Waals surface area contributed by atoms with Gasteiger partial charge in [-0.15, -0.1) is 0 Å². The van der Waals surface area contributed by atoms with Crippen LogP contribution in [0.5, 0.6) is 0 Å². The number of nitrogens with two attached hydrogens (primary N) is 1. The van der Waals surface area contributed by atoms with Gasteiger partial charge in [0.1, 0.15) is 0 Å². The van der Waals surface area contributed by atoms with Crippen molar-refractivity contribution in [2.45, 2.75) is 39.7 Å². The molecule has 2 aromatic rings. The van der Waals surface area contributed by atoms with Crippen molar-refractivity contribution < 1.29 is 0 Å². The van der Waals surface area contributed by atoms with E-state index in [9.17, 15) is 0 Å². The monoisotopic (exact) mass is 282 g/mol. The lowest BCUT2D eigenvalue weighted by Gasteiger charge is -2.26. The molecule has 3 rings (SSSR count). The third kappa shape index (κ3) is 2.77. The fraction of sp³-hybridized carbons (Fsp3) is 0.474. The van der Waals surface area contributed by atoms with Crippen LogP contribution in [0.3, 0.4) is 0 Å². The Morgan fingerprint density at radius 2 is 1.76 bits per heavy atom. The third-order valence-corrected chi connectivity index (χ3v) is 5.42. The highest BCUT2D eigenvalue weighted by Gasteiger charge is 2.34. The lowest BCUT2D eigenvalue weighted by Crippen LogP contribution is -2.26. The zero-order valence-electron chi connectivity index (χ0n) is 13.2. The van der Waals surface area contributed by atoms with E-state index in [1.165, 1.54) is 48.7 Å². The van der Waals surface area contributed by atoms with E-state index in [1.54, 1.807) is 0 Å². The Morgan fingerprint density at radius 3 is 2.38 bits per heavy atom. The fourth-order valence-corrected chi connectivity index (χ4v) is 3.67. The topological polar surface area (TPSA) is 29.3 Å². The zero-order chi connectivity index (χ0) is 14.9. The van der Waals surface area contributed by atoms with Crippen LogP contribution in [0.15, 0.2) is 36.4 Å². The molecule has 1 aliphatic heterocycles. The van der Waals surface area contributed by atoms with Crippen molar-refractivity contribution in [1.82, 2.24) is 4.90 Å². The summed E-state index contributed by atoms with van der Waals surface area (Å²) >= 11 is 0. The number of anilines is 1. The number of benzene rings is 2. The molecule has 2 N–H and O–H groups in total. The highest BCUT2D eigenvalue weighted by molar-refractivity contribution is 5.86. The Labute approximate surface area is 127 Å². The maximum atomic E-state index is 6.27. The Kier molecular flexibility index (Phi) is 3.90. The Bertz CT molecular complexity index is 628. The molecule has 0 amide bonds. The average Bonchev–Trinajstić information content (AvgIpc) is 2.92. The molecule has 0 bridgehead atoms. The lowest BCUT2D eigenvalue weighted by atomic mass is 9.82. The molecule has 0 aromatic heterocycles. The van der Waals surface area contributed by atoms with E-state index in [1.807, 2.05) is 0 Å². The fourth-order valence-electron chi connectivity index (χ4n) is 3.67. The lowest BCUT2D eigenvalue weighted by molar-refractivity contribution is 0.236. The Balaban J connectivity index is 1.81. The SMILES string of the molecule is CCC1(CC)CCN(Cc2cc3ccccc3cc2N)C1. The number of nitrogens with zero attached hydrogens (tertiary/aromatic N) is 1. The van der Waals surface area contributed by atoms with Crippen molar-refractivity contribution in [3.63, 3.8) is 0 Å². The molecule has 1 heterocycles. The summed E-state index contributed by atoms with van der Waals surface area (Å²) in [5.74, 6) is 0. The molecule has 0 aliphatic carbocycles. The normalized spacial score (nSPS) is 18.4. The minimum absolute atomic E-state index is 0.533. The highest BCUT2D eigenvalue weighted by Crippen LogP contribution is 2.38. The van der Waals surface area contributed by atoms with Gasteiger partial charge in [-0.2, -0.15) is 0 Å². The molecular weight excluding hydrogens is 256 g/mol. The predicted octanol–water partition coefficient (Wildman–Crippen LogP) is 4.43. The second kappa shape index (κ2) is 5.69. The molecule has 0 saturated carbocycles. The first kappa shape index (κ1) is 14.4. The van der Waals surface area contributed by atoms with E-state index in [-0.39, 0.29) is 0 Å². The van der Waals surface area contributed by atoms with Gasteiger partial charge < -0.3 is 5.73 Å². The molecule has 0 radical (unpaired) electrons. The van der Waals surface area contributed by atoms with Crippen LogP contribution in [-0.4, -0.2) is 18.0 Å². The highest BCUT2D eigenvalue weighted by atomic mass is 15.2. The Hall–Kier alpha value is -1.54. The summed E-state index contributed by atoms with van der Waals surface area (Å²) < 4.78 is 0. The van der Waals surface area contributed by atoms with Gasteiger partial charge in [-0.25, -0.2) is 0 Å². The number of nitrogen functional groups attached to an aromatic ring is 1. The second-order valence-electron chi connectivity index (χ2n) is 6.57. The summed E-state index contributed by atoms with van der Waals surface area (Å²) in [4.78, 5) is 2.58. The second-order valence-corrected chi connectivity index (χ2v) is 6.57. The van der Waals surface area contributed by atoms with Gasteiger partial charge in [0.2, 0.25) is 0 Å². The van der Waals surface area contributed by atoms with E-state index >= 15 is 0 Å². The van der Waals surface area contributed by atoms with Crippen molar-refractivity contribution >= 4 is 16.5 Å². The van der Waals surface area contributed by atoms with Gasteiger partial charge in [-0.05, 0) is 59.7 Å². The van der Waals surface area contributed by atoms with Crippen LogP contribution in [0.1, 0.15) is 38.7 Å². The minimum atomic E-state index is 0.533. The molecule has 2 aromatic carbocycles. The van der Waals surface area contributed by atoms with Crippen LogP contribution >= 0.6 is 0 Å². The molecule has 0 spiro atoms. The van der Waals surface area contributed by atoms with Crippen LogP contribution in [0, 0.1) is 5.41 Å². The zero-order valence-corrected chi connectivity index (χ0v) is 13.2. The predicted molar refractivity (Wildman–Crippen MR) is 91.3 cm³/mol. The van der Waals surface area contributed by atoms with Crippen LogP contribution in [0.4, 0.5) is 5.69 Å². The van der Waals surface area contributed by atoms with Crippen LogP contribution in [0.25, 0.3) is 10.8 Å². The largest absolute Gasteiger partial charge is 0.398 e. The molecule has 2 nitrogen and oxygen atoms in total. The summed E-state index contributed by atoms with van der Waals surface area (Å²) in [6.07, 6.45) is 3.90. The number of hydrogen-bond acceptors (Lipinski definition) is 2. The first-order chi connectivity index (χ1) is 10.2. The minimum Gasteiger partial charge on any atom is -0.398 e.